The molecule has 0 spiro atoms. The summed E-state index contributed by atoms with van der Waals surface area (Å²) in [5.41, 5.74) is 1.41. The molecule has 1 aliphatic rings. The van der Waals surface area contributed by atoms with Gasteiger partial charge in [-0.15, -0.1) is 0 Å². The fourth-order valence-electron chi connectivity index (χ4n) is 2.89. The van der Waals surface area contributed by atoms with Crippen molar-refractivity contribution < 1.29 is 4.74 Å². The predicted octanol–water partition coefficient (Wildman–Crippen LogP) is 2.68. The number of aromatic nitrogens is 3. The molecule has 22 heavy (non-hydrogen) atoms. The Labute approximate surface area is 131 Å². The highest BCUT2D eigenvalue weighted by molar-refractivity contribution is 5.18. The van der Waals surface area contributed by atoms with Crippen LogP contribution in [0, 0.1) is 6.92 Å². The highest BCUT2D eigenvalue weighted by atomic mass is 16.5. The number of H-pyrrole nitrogens is 1. The van der Waals surface area contributed by atoms with Gasteiger partial charge in [0.05, 0.1) is 6.61 Å². The molecule has 0 unspecified atom stereocenters. The third-order valence-electron chi connectivity index (χ3n) is 4.30. The second-order valence-corrected chi connectivity index (χ2v) is 6.04. The van der Waals surface area contributed by atoms with Crippen LogP contribution in [0.3, 0.4) is 0 Å². The molecule has 0 amide bonds. The van der Waals surface area contributed by atoms with Crippen LogP contribution in [0.2, 0.25) is 0 Å². The zero-order valence-electron chi connectivity index (χ0n) is 13.3. The quantitative estimate of drug-likeness (QED) is 0.922. The average molecular weight is 300 g/mol. The topological polar surface area (TPSA) is 54.0 Å². The van der Waals surface area contributed by atoms with E-state index in [0.717, 1.165) is 44.3 Å². The van der Waals surface area contributed by atoms with E-state index < -0.39 is 0 Å². The van der Waals surface area contributed by atoms with Gasteiger partial charge in [0.25, 0.3) is 0 Å². The summed E-state index contributed by atoms with van der Waals surface area (Å²) in [6, 6.07) is 10.7. The maximum Gasteiger partial charge on any atom is 0.180 e. The number of rotatable bonds is 5. The summed E-state index contributed by atoms with van der Waals surface area (Å²) < 4.78 is 5.81. The molecule has 2 heterocycles. The SMILES string of the molecule is Cc1nc([C@@H]2CN(CC[C@H](C)c3ccccc3)CCO2)n[nH]1. The van der Waals surface area contributed by atoms with Gasteiger partial charge in [-0.3, -0.25) is 10.00 Å². The molecule has 2 aromatic rings. The van der Waals surface area contributed by atoms with E-state index in [-0.39, 0.29) is 6.10 Å². The van der Waals surface area contributed by atoms with Crippen LogP contribution < -0.4 is 0 Å². The van der Waals surface area contributed by atoms with E-state index in [1.807, 2.05) is 6.92 Å². The van der Waals surface area contributed by atoms with Gasteiger partial charge < -0.3 is 4.74 Å². The first-order valence-corrected chi connectivity index (χ1v) is 8.00. The molecule has 1 aliphatic heterocycles. The summed E-state index contributed by atoms with van der Waals surface area (Å²) >= 11 is 0. The number of ether oxygens (including phenoxy) is 1. The Bertz CT molecular complexity index is 583. The third-order valence-corrected chi connectivity index (χ3v) is 4.30. The van der Waals surface area contributed by atoms with E-state index in [0.29, 0.717) is 5.92 Å². The molecule has 1 aromatic heterocycles. The van der Waals surface area contributed by atoms with Gasteiger partial charge in [-0.1, -0.05) is 37.3 Å². The highest BCUT2D eigenvalue weighted by Crippen LogP contribution is 2.22. The zero-order valence-corrected chi connectivity index (χ0v) is 13.3. The van der Waals surface area contributed by atoms with E-state index in [4.69, 9.17) is 4.74 Å². The largest absolute Gasteiger partial charge is 0.367 e. The minimum absolute atomic E-state index is 0.00858. The first-order chi connectivity index (χ1) is 10.7. The number of hydrogen-bond acceptors (Lipinski definition) is 4. The lowest BCUT2D eigenvalue weighted by Gasteiger charge is -2.32. The molecular weight excluding hydrogens is 276 g/mol. The lowest BCUT2D eigenvalue weighted by atomic mass is 9.97. The molecule has 0 aliphatic carbocycles. The fraction of sp³-hybridized carbons (Fsp3) is 0.529. The molecule has 5 nitrogen and oxygen atoms in total. The Balaban J connectivity index is 1.52. The maximum absolute atomic E-state index is 5.81. The summed E-state index contributed by atoms with van der Waals surface area (Å²) in [5, 5.41) is 7.12. The highest BCUT2D eigenvalue weighted by Gasteiger charge is 2.25. The molecule has 118 valence electrons. The Hall–Kier alpha value is -1.72. The minimum atomic E-state index is -0.00858. The van der Waals surface area contributed by atoms with E-state index in [9.17, 15) is 0 Å². The van der Waals surface area contributed by atoms with Crippen LogP contribution in [0.25, 0.3) is 0 Å². The molecule has 2 atom stereocenters. The molecule has 5 heteroatoms. The second kappa shape index (κ2) is 7.03. The van der Waals surface area contributed by atoms with Crippen molar-refractivity contribution in [2.45, 2.75) is 32.3 Å². The van der Waals surface area contributed by atoms with Crippen LogP contribution in [0.5, 0.6) is 0 Å². The van der Waals surface area contributed by atoms with Gasteiger partial charge in [-0.05, 0) is 31.4 Å². The number of morpholine rings is 1. The molecule has 1 saturated heterocycles. The monoisotopic (exact) mass is 300 g/mol. The molecule has 1 fully saturated rings. The Kier molecular flexibility index (Phi) is 4.85. The first-order valence-electron chi connectivity index (χ1n) is 8.00. The van der Waals surface area contributed by atoms with Crippen molar-refractivity contribution in [1.29, 1.82) is 0 Å². The smallest absolute Gasteiger partial charge is 0.180 e. The number of benzene rings is 1. The van der Waals surface area contributed by atoms with Crippen molar-refractivity contribution in [2.75, 3.05) is 26.2 Å². The van der Waals surface area contributed by atoms with E-state index >= 15 is 0 Å². The summed E-state index contributed by atoms with van der Waals surface area (Å²) in [6.45, 7) is 7.90. The number of hydrogen-bond donors (Lipinski definition) is 1. The molecule has 0 radical (unpaired) electrons. The fourth-order valence-corrected chi connectivity index (χ4v) is 2.89. The Morgan fingerprint density at radius 1 is 1.36 bits per heavy atom. The van der Waals surface area contributed by atoms with E-state index in [2.05, 4.69) is 57.3 Å². The van der Waals surface area contributed by atoms with Crippen LogP contribution in [0.1, 0.15) is 42.6 Å². The first kappa shape index (κ1) is 15.2. The molecular formula is C17H24N4O. The number of aromatic amines is 1. The lowest BCUT2D eigenvalue weighted by Crippen LogP contribution is -2.39. The molecule has 1 N–H and O–H groups in total. The normalized spacial score (nSPS) is 20.9. The summed E-state index contributed by atoms with van der Waals surface area (Å²) in [7, 11) is 0. The van der Waals surface area contributed by atoms with Crippen LogP contribution >= 0.6 is 0 Å². The van der Waals surface area contributed by atoms with Crippen molar-refractivity contribution in [3.05, 3.63) is 47.5 Å². The van der Waals surface area contributed by atoms with Crippen molar-refractivity contribution in [1.82, 2.24) is 20.1 Å². The van der Waals surface area contributed by atoms with Crippen LogP contribution in [0.15, 0.2) is 30.3 Å². The number of nitrogens with one attached hydrogen (secondary N) is 1. The summed E-state index contributed by atoms with van der Waals surface area (Å²) in [5.74, 6) is 2.19. The predicted molar refractivity (Wildman–Crippen MR) is 85.7 cm³/mol. The van der Waals surface area contributed by atoms with Crippen molar-refractivity contribution >= 4 is 0 Å². The van der Waals surface area contributed by atoms with Gasteiger partial charge in [0.15, 0.2) is 5.82 Å². The van der Waals surface area contributed by atoms with Gasteiger partial charge in [-0.25, -0.2) is 4.98 Å². The van der Waals surface area contributed by atoms with Gasteiger partial charge in [-0.2, -0.15) is 5.10 Å². The van der Waals surface area contributed by atoms with Crippen LogP contribution in [-0.2, 0) is 4.74 Å². The maximum atomic E-state index is 5.81. The van der Waals surface area contributed by atoms with Crippen LogP contribution in [0.4, 0.5) is 0 Å². The second-order valence-electron chi connectivity index (χ2n) is 6.04. The molecule has 0 bridgehead atoms. The third kappa shape index (κ3) is 3.72. The van der Waals surface area contributed by atoms with Crippen molar-refractivity contribution in [3.8, 4) is 0 Å². The molecule has 1 aromatic carbocycles. The number of aryl methyl sites for hydroxylation is 1. The van der Waals surface area contributed by atoms with Gasteiger partial charge >= 0.3 is 0 Å². The van der Waals surface area contributed by atoms with Crippen molar-refractivity contribution in [2.24, 2.45) is 0 Å². The molecule has 3 rings (SSSR count). The van der Waals surface area contributed by atoms with Gasteiger partial charge in [0.2, 0.25) is 0 Å². The van der Waals surface area contributed by atoms with E-state index in [1.165, 1.54) is 5.56 Å². The average Bonchev–Trinajstić information content (AvgIpc) is 3.00. The number of nitrogens with zero attached hydrogens (tertiary/aromatic N) is 3. The van der Waals surface area contributed by atoms with Gasteiger partial charge in [0.1, 0.15) is 11.9 Å². The van der Waals surface area contributed by atoms with Crippen LogP contribution in [-0.4, -0.2) is 46.3 Å². The summed E-state index contributed by atoms with van der Waals surface area (Å²) in [6.07, 6.45) is 1.15. The Morgan fingerprint density at radius 3 is 2.91 bits per heavy atom. The Morgan fingerprint density at radius 2 is 2.18 bits per heavy atom. The van der Waals surface area contributed by atoms with E-state index in [1.54, 1.807) is 0 Å². The standard InChI is InChI=1S/C17H24N4O/c1-13(15-6-4-3-5-7-15)8-9-21-10-11-22-16(12-21)17-18-14(2)19-20-17/h3-7,13,16H,8-12H2,1-2H3,(H,18,19,20)/t13-,16-/m0/s1. The zero-order chi connectivity index (χ0) is 15.4. The summed E-state index contributed by atoms with van der Waals surface area (Å²) in [4.78, 5) is 6.85. The minimum Gasteiger partial charge on any atom is -0.367 e. The van der Waals surface area contributed by atoms with Crippen molar-refractivity contribution in [3.63, 3.8) is 0 Å². The lowest BCUT2D eigenvalue weighted by molar-refractivity contribution is -0.0348. The molecule has 0 saturated carbocycles. The van der Waals surface area contributed by atoms with Gasteiger partial charge in [0, 0.05) is 13.1 Å².